The molecule has 2 aromatic heterocycles. The summed E-state index contributed by atoms with van der Waals surface area (Å²) in [5, 5.41) is 16.6. The SMILES string of the molecule is N#CN=C(NCCCCCCC1CCN(C(=O)c2cccs2)C1)Nc1ccncc1F. The summed E-state index contributed by atoms with van der Waals surface area (Å²) < 4.78 is 13.7. The van der Waals surface area contributed by atoms with Crippen LogP contribution in [-0.4, -0.2) is 41.4 Å². The number of nitrogens with zero attached hydrogens (tertiary/aromatic N) is 4. The zero-order chi connectivity index (χ0) is 21.9. The number of guanidine groups is 1. The molecule has 1 aliphatic heterocycles. The predicted molar refractivity (Wildman–Crippen MR) is 120 cm³/mol. The van der Waals surface area contributed by atoms with E-state index in [-0.39, 0.29) is 17.6 Å². The van der Waals surface area contributed by atoms with Gasteiger partial charge in [0.25, 0.3) is 5.91 Å². The first-order valence-electron chi connectivity index (χ1n) is 10.6. The van der Waals surface area contributed by atoms with E-state index in [4.69, 9.17) is 5.26 Å². The summed E-state index contributed by atoms with van der Waals surface area (Å²) in [5.41, 5.74) is 0.222. The molecule has 1 amide bonds. The van der Waals surface area contributed by atoms with Crippen LogP contribution in [0.3, 0.4) is 0 Å². The Hall–Kier alpha value is -2.99. The summed E-state index contributed by atoms with van der Waals surface area (Å²) in [5.74, 6) is 0.487. The Morgan fingerprint density at radius 3 is 3.00 bits per heavy atom. The average Bonchev–Trinajstić information content (AvgIpc) is 3.47. The van der Waals surface area contributed by atoms with E-state index in [9.17, 15) is 9.18 Å². The number of rotatable bonds is 9. The van der Waals surface area contributed by atoms with Crippen LogP contribution < -0.4 is 10.6 Å². The molecule has 3 rings (SSSR count). The largest absolute Gasteiger partial charge is 0.355 e. The molecule has 9 heteroatoms. The number of thiophene rings is 1. The molecule has 7 nitrogen and oxygen atoms in total. The molecular weight excluding hydrogens is 415 g/mol. The second-order valence-electron chi connectivity index (χ2n) is 7.55. The number of amides is 1. The molecule has 1 fully saturated rings. The zero-order valence-electron chi connectivity index (χ0n) is 17.4. The third-order valence-corrected chi connectivity index (χ3v) is 6.18. The third kappa shape index (κ3) is 7.03. The maximum atomic E-state index is 13.7. The Bertz CT molecular complexity index is 911. The van der Waals surface area contributed by atoms with Gasteiger partial charge in [-0.3, -0.25) is 9.78 Å². The molecule has 0 radical (unpaired) electrons. The fourth-order valence-electron chi connectivity index (χ4n) is 3.69. The fourth-order valence-corrected chi connectivity index (χ4v) is 4.38. The maximum Gasteiger partial charge on any atom is 0.263 e. The number of pyridine rings is 1. The van der Waals surface area contributed by atoms with Crippen molar-refractivity contribution in [2.45, 2.75) is 38.5 Å². The number of aliphatic imine (C=N–C) groups is 1. The smallest absolute Gasteiger partial charge is 0.263 e. The number of nitrogens with one attached hydrogen (secondary N) is 2. The summed E-state index contributed by atoms with van der Waals surface area (Å²) in [6.45, 7) is 2.37. The van der Waals surface area contributed by atoms with Crippen molar-refractivity contribution in [2.75, 3.05) is 25.0 Å². The van der Waals surface area contributed by atoms with Crippen molar-refractivity contribution in [3.05, 3.63) is 46.7 Å². The van der Waals surface area contributed by atoms with Crippen LogP contribution in [0.5, 0.6) is 0 Å². The van der Waals surface area contributed by atoms with Gasteiger partial charge in [0.15, 0.2) is 5.82 Å². The predicted octanol–water partition coefficient (Wildman–Crippen LogP) is 4.23. The molecule has 1 saturated heterocycles. The van der Waals surface area contributed by atoms with Crippen LogP contribution in [-0.2, 0) is 0 Å². The summed E-state index contributed by atoms with van der Waals surface area (Å²) >= 11 is 1.50. The lowest BCUT2D eigenvalue weighted by molar-refractivity contribution is 0.0791. The molecule has 2 aromatic rings. The van der Waals surface area contributed by atoms with Crippen molar-refractivity contribution in [1.29, 1.82) is 5.26 Å². The van der Waals surface area contributed by atoms with Gasteiger partial charge in [0.05, 0.1) is 16.8 Å². The Balaban J connectivity index is 1.27. The number of nitriles is 1. The third-order valence-electron chi connectivity index (χ3n) is 5.32. The van der Waals surface area contributed by atoms with E-state index in [1.807, 2.05) is 22.4 Å². The average molecular weight is 443 g/mol. The van der Waals surface area contributed by atoms with Crippen molar-refractivity contribution in [3.8, 4) is 6.19 Å². The molecule has 164 valence electrons. The van der Waals surface area contributed by atoms with Gasteiger partial charge in [-0.25, -0.2) is 4.39 Å². The molecule has 2 N–H and O–H groups in total. The second kappa shape index (κ2) is 12.0. The highest BCUT2D eigenvalue weighted by atomic mass is 32.1. The number of carbonyl (C=O) groups is 1. The van der Waals surface area contributed by atoms with E-state index in [0.29, 0.717) is 12.5 Å². The second-order valence-corrected chi connectivity index (χ2v) is 8.50. The first-order valence-corrected chi connectivity index (χ1v) is 11.5. The molecule has 1 aliphatic rings. The Morgan fingerprint density at radius 2 is 2.23 bits per heavy atom. The van der Waals surface area contributed by atoms with E-state index >= 15 is 0 Å². The lowest BCUT2D eigenvalue weighted by Crippen LogP contribution is -2.31. The molecule has 31 heavy (non-hydrogen) atoms. The monoisotopic (exact) mass is 442 g/mol. The molecular formula is C22H27FN6OS. The van der Waals surface area contributed by atoms with E-state index in [1.165, 1.54) is 23.6 Å². The van der Waals surface area contributed by atoms with Gasteiger partial charge < -0.3 is 15.5 Å². The van der Waals surface area contributed by atoms with Gasteiger partial charge in [-0.15, -0.1) is 16.3 Å². The van der Waals surface area contributed by atoms with Crippen LogP contribution in [0.25, 0.3) is 0 Å². The fraction of sp³-hybridized carbons (Fsp3) is 0.455. The van der Waals surface area contributed by atoms with Crippen molar-refractivity contribution in [1.82, 2.24) is 15.2 Å². The first-order chi connectivity index (χ1) is 15.2. The Morgan fingerprint density at radius 1 is 1.35 bits per heavy atom. The van der Waals surface area contributed by atoms with Crippen LogP contribution in [0.15, 0.2) is 41.0 Å². The van der Waals surface area contributed by atoms with Crippen LogP contribution >= 0.6 is 11.3 Å². The van der Waals surface area contributed by atoms with Gasteiger partial charge >= 0.3 is 0 Å². The summed E-state index contributed by atoms with van der Waals surface area (Å²) in [7, 11) is 0. The van der Waals surface area contributed by atoms with Crippen LogP contribution in [0.4, 0.5) is 10.1 Å². The Kier molecular flexibility index (Phi) is 8.79. The number of hydrogen-bond donors (Lipinski definition) is 2. The van der Waals surface area contributed by atoms with E-state index in [1.54, 1.807) is 6.19 Å². The number of unbranched alkanes of at least 4 members (excludes halogenated alkanes) is 3. The van der Waals surface area contributed by atoms with Crippen LogP contribution in [0.1, 0.15) is 48.2 Å². The Labute approximate surface area is 186 Å². The summed E-state index contributed by atoms with van der Waals surface area (Å²) in [6, 6.07) is 5.30. The van der Waals surface area contributed by atoms with Gasteiger partial charge in [0, 0.05) is 25.8 Å². The van der Waals surface area contributed by atoms with E-state index in [2.05, 4.69) is 20.6 Å². The molecule has 0 bridgehead atoms. The minimum atomic E-state index is -0.502. The minimum Gasteiger partial charge on any atom is -0.355 e. The van der Waals surface area contributed by atoms with Crippen molar-refractivity contribution < 1.29 is 9.18 Å². The van der Waals surface area contributed by atoms with Gasteiger partial charge in [-0.1, -0.05) is 25.3 Å². The highest BCUT2D eigenvalue weighted by Crippen LogP contribution is 2.24. The molecule has 0 spiro atoms. The normalized spacial score (nSPS) is 16.2. The van der Waals surface area contributed by atoms with E-state index in [0.717, 1.165) is 62.7 Å². The number of hydrogen-bond acceptors (Lipinski definition) is 5. The molecule has 1 unspecified atom stereocenters. The van der Waals surface area contributed by atoms with Gasteiger partial charge in [0.2, 0.25) is 12.2 Å². The van der Waals surface area contributed by atoms with Gasteiger partial charge in [0.1, 0.15) is 0 Å². The number of carbonyl (C=O) groups excluding carboxylic acids is 1. The summed E-state index contributed by atoms with van der Waals surface area (Å²) in [4.78, 5) is 22.6. The number of aromatic nitrogens is 1. The summed E-state index contributed by atoms with van der Waals surface area (Å²) in [6.07, 6.45) is 10.8. The van der Waals surface area contributed by atoms with Crippen molar-refractivity contribution in [2.24, 2.45) is 10.9 Å². The topological polar surface area (TPSA) is 93.4 Å². The van der Waals surface area contributed by atoms with Gasteiger partial charge in [-0.05, 0) is 42.7 Å². The molecule has 3 heterocycles. The quantitative estimate of drug-likeness (QED) is 0.262. The number of likely N-dealkylation sites (tertiary alicyclic amines) is 1. The molecule has 0 aromatic carbocycles. The maximum absolute atomic E-state index is 13.7. The molecule has 1 atom stereocenters. The first kappa shape index (κ1) is 22.7. The number of halogens is 1. The van der Waals surface area contributed by atoms with Crippen LogP contribution in [0.2, 0.25) is 0 Å². The standard InChI is InChI=1S/C22H27FN6OS/c23-18-14-25-11-8-19(18)28-22(27-16-24)26-10-4-2-1-3-6-17-9-12-29(15-17)21(30)20-7-5-13-31-20/h5,7-8,11,13-14,17H,1-4,6,9-10,12,15H2,(H2,25,26,27,28). The highest BCUT2D eigenvalue weighted by Gasteiger charge is 2.26. The van der Waals surface area contributed by atoms with Gasteiger partial charge in [-0.2, -0.15) is 5.26 Å². The lowest BCUT2D eigenvalue weighted by atomic mass is 10.00. The minimum absolute atomic E-state index is 0.165. The molecule has 0 saturated carbocycles. The molecule has 0 aliphatic carbocycles. The van der Waals surface area contributed by atoms with Crippen molar-refractivity contribution in [3.63, 3.8) is 0 Å². The number of anilines is 1. The lowest BCUT2D eigenvalue weighted by Gasteiger charge is -2.15. The highest BCUT2D eigenvalue weighted by molar-refractivity contribution is 7.12. The van der Waals surface area contributed by atoms with Crippen LogP contribution in [0, 0.1) is 23.2 Å². The van der Waals surface area contributed by atoms with E-state index < -0.39 is 5.82 Å². The van der Waals surface area contributed by atoms with Crippen molar-refractivity contribution >= 4 is 28.9 Å². The zero-order valence-corrected chi connectivity index (χ0v) is 18.2.